The number of hydrogen-bond acceptors (Lipinski definition) is 5. The molecule has 0 aromatic heterocycles. The molecular formula is C23H34O5. The number of esters is 1. The number of fused-ring (bicyclic) bond motifs is 5. The molecule has 5 nitrogen and oxygen atoms in total. The van der Waals surface area contributed by atoms with Crippen LogP contribution in [0.25, 0.3) is 0 Å². The van der Waals surface area contributed by atoms with E-state index >= 15 is 0 Å². The van der Waals surface area contributed by atoms with Crippen molar-refractivity contribution in [3.8, 4) is 0 Å². The van der Waals surface area contributed by atoms with Gasteiger partial charge >= 0.3 is 5.97 Å². The highest BCUT2D eigenvalue weighted by atomic mass is 16.5. The Balaban J connectivity index is 1.51. The summed E-state index contributed by atoms with van der Waals surface area (Å²) in [4.78, 5) is 11.6. The van der Waals surface area contributed by atoms with Crippen molar-refractivity contribution in [3.63, 3.8) is 0 Å². The monoisotopic (exact) mass is 390 g/mol. The van der Waals surface area contributed by atoms with Crippen LogP contribution < -0.4 is 0 Å². The molecule has 5 aliphatic rings. The number of rotatable bonds is 1. The molecule has 0 spiro atoms. The third kappa shape index (κ3) is 2.27. The molecule has 0 aromatic carbocycles. The number of aliphatic hydroxyl groups is 3. The summed E-state index contributed by atoms with van der Waals surface area (Å²) in [5, 5.41) is 33.7. The van der Waals surface area contributed by atoms with Crippen molar-refractivity contribution >= 4 is 5.97 Å². The van der Waals surface area contributed by atoms with Gasteiger partial charge in [-0.25, -0.2) is 4.79 Å². The molecule has 9 atom stereocenters. The zero-order valence-electron chi connectivity index (χ0n) is 17.1. The van der Waals surface area contributed by atoms with Crippen molar-refractivity contribution in [1.82, 2.24) is 0 Å². The summed E-state index contributed by atoms with van der Waals surface area (Å²) in [5.41, 5.74) is -0.507. The molecule has 0 radical (unpaired) electrons. The maximum Gasteiger partial charge on any atom is 0.331 e. The van der Waals surface area contributed by atoms with Gasteiger partial charge in [0.25, 0.3) is 0 Å². The summed E-state index contributed by atoms with van der Waals surface area (Å²) in [7, 11) is 0. The molecule has 5 heteroatoms. The average molecular weight is 391 g/mol. The Bertz CT molecular complexity index is 718. The van der Waals surface area contributed by atoms with Crippen molar-refractivity contribution in [1.29, 1.82) is 0 Å². The lowest BCUT2D eigenvalue weighted by Gasteiger charge is -2.64. The van der Waals surface area contributed by atoms with Crippen LogP contribution in [-0.4, -0.2) is 45.7 Å². The van der Waals surface area contributed by atoms with E-state index in [1.165, 1.54) is 0 Å². The quantitative estimate of drug-likeness (QED) is 0.599. The van der Waals surface area contributed by atoms with Crippen LogP contribution in [0, 0.1) is 34.5 Å². The number of aliphatic hydroxyl groups excluding tert-OH is 2. The molecule has 4 aliphatic carbocycles. The van der Waals surface area contributed by atoms with Crippen molar-refractivity contribution in [2.24, 2.45) is 34.5 Å². The maximum absolute atomic E-state index is 12.1. The molecule has 0 bridgehead atoms. The van der Waals surface area contributed by atoms with Gasteiger partial charge in [-0.1, -0.05) is 13.8 Å². The standard InChI is InChI=1S/C23H34O5/c1-21-7-5-15(24)10-14(21)3-4-17-18(21)11-19(25)22(2)16(6-8-23(17,22)27)13-9-20(26)28-12-13/h9,14-19,24-25,27H,3-8,10-12H2,1-2H3/t14?,15?,16-,17-,18+,19?,21+,22+,23?/m1/s1. The Kier molecular flexibility index (Phi) is 4.12. The van der Waals surface area contributed by atoms with E-state index in [4.69, 9.17) is 4.74 Å². The lowest BCUT2D eigenvalue weighted by molar-refractivity contribution is -0.244. The molecule has 0 aromatic rings. The first-order valence-electron chi connectivity index (χ1n) is 11.2. The smallest absolute Gasteiger partial charge is 0.331 e. The van der Waals surface area contributed by atoms with Gasteiger partial charge in [0.05, 0.1) is 17.8 Å². The van der Waals surface area contributed by atoms with Crippen molar-refractivity contribution in [2.75, 3.05) is 6.61 Å². The van der Waals surface area contributed by atoms with Gasteiger partial charge in [-0.15, -0.1) is 0 Å². The molecule has 156 valence electrons. The minimum atomic E-state index is -0.906. The zero-order valence-corrected chi connectivity index (χ0v) is 17.1. The summed E-state index contributed by atoms with van der Waals surface area (Å²) in [6, 6.07) is 0. The number of cyclic esters (lactones) is 1. The molecule has 1 aliphatic heterocycles. The third-order valence-electron chi connectivity index (χ3n) is 10.0. The van der Waals surface area contributed by atoms with E-state index in [0.717, 1.165) is 44.1 Å². The minimum Gasteiger partial charge on any atom is -0.458 e. The average Bonchev–Trinajstić information content (AvgIpc) is 3.19. The number of hydrogen-bond donors (Lipinski definition) is 3. The highest BCUT2D eigenvalue weighted by molar-refractivity contribution is 5.85. The second-order valence-corrected chi connectivity index (χ2v) is 10.8. The van der Waals surface area contributed by atoms with E-state index in [-0.39, 0.29) is 29.3 Å². The molecule has 1 heterocycles. The molecule has 4 saturated carbocycles. The van der Waals surface area contributed by atoms with Crippen LogP contribution in [0.5, 0.6) is 0 Å². The predicted molar refractivity (Wildman–Crippen MR) is 103 cm³/mol. The highest BCUT2D eigenvalue weighted by Gasteiger charge is 2.70. The topological polar surface area (TPSA) is 87.0 Å². The largest absolute Gasteiger partial charge is 0.458 e. The molecular weight excluding hydrogens is 356 g/mol. The Morgan fingerprint density at radius 3 is 2.54 bits per heavy atom. The van der Waals surface area contributed by atoms with E-state index < -0.39 is 17.1 Å². The van der Waals surface area contributed by atoms with Gasteiger partial charge in [0.15, 0.2) is 0 Å². The van der Waals surface area contributed by atoms with Crippen LogP contribution >= 0.6 is 0 Å². The van der Waals surface area contributed by atoms with Crippen molar-refractivity contribution in [3.05, 3.63) is 11.6 Å². The van der Waals surface area contributed by atoms with E-state index in [1.807, 2.05) is 6.92 Å². The van der Waals surface area contributed by atoms with E-state index in [9.17, 15) is 20.1 Å². The van der Waals surface area contributed by atoms with Crippen LogP contribution in [-0.2, 0) is 9.53 Å². The molecule has 28 heavy (non-hydrogen) atoms. The summed E-state index contributed by atoms with van der Waals surface area (Å²) >= 11 is 0. The summed E-state index contributed by atoms with van der Waals surface area (Å²) in [5.74, 6) is 0.657. The lowest BCUT2D eigenvalue weighted by Crippen LogP contribution is -2.67. The zero-order chi connectivity index (χ0) is 19.9. The van der Waals surface area contributed by atoms with Gasteiger partial charge in [0, 0.05) is 11.5 Å². The van der Waals surface area contributed by atoms with Gasteiger partial charge in [-0.3, -0.25) is 0 Å². The van der Waals surface area contributed by atoms with Gasteiger partial charge in [-0.2, -0.15) is 0 Å². The Morgan fingerprint density at radius 2 is 1.82 bits per heavy atom. The SMILES string of the molecule is C[C@]12CCC(O)CC1CC[C@@H]1[C@@H]2CC(O)[C@]2(C)[C@@H](C3=CC(=O)OC3)CCC12O. The van der Waals surface area contributed by atoms with Crippen molar-refractivity contribution in [2.45, 2.75) is 83.0 Å². The first-order chi connectivity index (χ1) is 13.2. The Labute approximate surface area is 167 Å². The van der Waals surface area contributed by atoms with Crippen LogP contribution in [0.3, 0.4) is 0 Å². The molecule has 4 unspecified atom stereocenters. The fourth-order valence-corrected chi connectivity index (χ4v) is 8.37. The molecule has 4 fully saturated rings. The van der Waals surface area contributed by atoms with Gasteiger partial charge < -0.3 is 20.1 Å². The molecule has 3 N–H and O–H groups in total. The molecule has 5 rings (SSSR count). The van der Waals surface area contributed by atoms with Crippen molar-refractivity contribution < 1.29 is 24.9 Å². The van der Waals surface area contributed by atoms with E-state index in [2.05, 4.69) is 6.92 Å². The van der Waals surface area contributed by atoms with Gasteiger partial charge in [0.2, 0.25) is 0 Å². The second kappa shape index (κ2) is 6.05. The number of carbonyl (C=O) groups is 1. The maximum atomic E-state index is 12.1. The second-order valence-electron chi connectivity index (χ2n) is 10.8. The fraction of sp³-hybridized carbons (Fsp3) is 0.870. The first kappa shape index (κ1) is 19.1. The van der Waals surface area contributed by atoms with Crippen LogP contribution in [0.1, 0.15) is 65.2 Å². The van der Waals surface area contributed by atoms with Gasteiger partial charge in [-0.05, 0) is 86.0 Å². The minimum absolute atomic E-state index is 0.00129. The number of ether oxygens (including phenoxy) is 1. The molecule has 0 saturated heterocycles. The lowest BCUT2D eigenvalue weighted by atomic mass is 9.42. The first-order valence-corrected chi connectivity index (χ1v) is 11.2. The highest BCUT2D eigenvalue weighted by Crippen LogP contribution is 2.69. The summed E-state index contributed by atoms with van der Waals surface area (Å²) in [6.07, 6.45) is 7.69. The van der Waals surface area contributed by atoms with E-state index in [0.29, 0.717) is 31.3 Å². The number of carbonyl (C=O) groups excluding carboxylic acids is 1. The van der Waals surface area contributed by atoms with Gasteiger partial charge in [0.1, 0.15) is 6.61 Å². The summed E-state index contributed by atoms with van der Waals surface area (Å²) < 4.78 is 5.16. The van der Waals surface area contributed by atoms with Crippen LogP contribution in [0.15, 0.2) is 11.6 Å². The summed E-state index contributed by atoms with van der Waals surface area (Å²) in [6.45, 7) is 4.69. The molecule has 0 amide bonds. The van der Waals surface area contributed by atoms with Crippen LogP contribution in [0.2, 0.25) is 0 Å². The Hall–Kier alpha value is -0.910. The Morgan fingerprint density at radius 1 is 1.04 bits per heavy atom. The van der Waals surface area contributed by atoms with E-state index in [1.54, 1.807) is 6.08 Å². The fourth-order valence-electron chi connectivity index (χ4n) is 8.37. The van der Waals surface area contributed by atoms with Crippen LogP contribution in [0.4, 0.5) is 0 Å². The normalized spacial score (nSPS) is 55.8. The third-order valence-corrected chi connectivity index (χ3v) is 10.0. The predicted octanol–water partition coefficient (Wildman–Crippen LogP) is 2.58.